The maximum Gasteiger partial charge on any atom is 0.133 e. The van der Waals surface area contributed by atoms with Crippen molar-refractivity contribution in [3.8, 4) is 5.75 Å². The molecule has 1 N–H and O–H groups in total. The van der Waals surface area contributed by atoms with Crippen molar-refractivity contribution in [2.75, 3.05) is 0 Å². The van der Waals surface area contributed by atoms with Crippen LogP contribution >= 0.6 is 11.3 Å². The summed E-state index contributed by atoms with van der Waals surface area (Å²) in [6.07, 6.45) is 1.06. The predicted octanol–water partition coefficient (Wildman–Crippen LogP) is 4.08. The van der Waals surface area contributed by atoms with Gasteiger partial charge in [0.15, 0.2) is 0 Å². The molecule has 2 rings (SSSR count). The Bertz CT molecular complexity index is 491. The minimum Gasteiger partial charge on any atom is -0.485 e. The maximum atomic E-state index is 9.15. The van der Waals surface area contributed by atoms with Crippen molar-refractivity contribution in [3.63, 3.8) is 0 Å². The fraction of sp³-hybridized carbons (Fsp3) is 0.333. The van der Waals surface area contributed by atoms with Crippen LogP contribution in [0.15, 0.2) is 35.7 Å². The Labute approximate surface area is 112 Å². The first kappa shape index (κ1) is 13.1. The van der Waals surface area contributed by atoms with Gasteiger partial charge < -0.3 is 9.84 Å². The normalized spacial score (nSPS) is 12.4. The zero-order valence-corrected chi connectivity index (χ0v) is 11.5. The molecular weight excluding hydrogens is 244 g/mol. The van der Waals surface area contributed by atoms with Gasteiger partial charge in [-0.05, 0) is 48.1 Å². The molecule has 0 bridgehead atoms. The van der Waals surface area contributed by atoms with Crippen molar-refractivity contribution in [2.24, 2.45) is 0 Å². The molecule has 0 saturated carbocycles. The fourth-order valence-corrected chi connectivity index (χ4v) is 2.74. The molecule has 2 nitrogen and oxygen atoms in total. The highest BCUT2D eigenvalue weighted by molar-refractivity contribution is 7.10. The van der Waals surface area contributed by atoms with Crippen molar-refractivity contribution in [1.29, 1.82) is 0 Å². The van der Waals surface area contributed by atoms with E-state index < -0.39 is 0 Å². The summed E-state index contributed by atoms with van der Waals surface area (Å²) in [5.41, 5.74) is 2.02. The molecule has 0 aliphatic rings. The van der Waals surface area contributed by atoms with Crippen LogP contribution in [0.4, 0.5) is 0 Å². The second-order valence-corrected chi connectivity index (χ2v) is 5.26. The molecular formula is C15H18O2S. The molecule has 1 atom stereocenters. The number of hydrogen-bond acceptors (Lipinski definition) is 3. The van der Waals surface area contributed by atoms with Gasteiger partial charge in [0.1, 0.15) is 11.9 Å². The molecule has 0 unspecified atom stereocenters. The van der Waals surface area contributed by atoms with Crippen LogP contribution in [-0.2, 0) is 6.61 Å². The van der Waals surface area contributed by atoms with E-state index in [1.54, 1.807) is 11.3 Å². The summed E-state index contributed by atoms with van der Waals surface area (Å²) in [7, 11) is 0. The lowest BCUT2D eigenvalue weighted by Crippen LogP contribution is -2.05. The zero-order chi connectivity index (χ0) is 13.0. The molecule has 0 fully saturated rings. The van der Waals surface area contributed by atoms with E-state index in [0.717, 1.165) is 23.3 Å². The highest BCUT2D eigenvalue weighted by Gasteiger charge is 2.12. The van der Waals surface area contributed by atoms with Crippen LogP contribution in [0.2, 0.25) is 0 Å². The number of benzene rings is 1. The first-order valence-electron chi connectivity index (χ1n) is 6.15. The number of aliphatic hydroxyl groups excluding tert-OH is 1. The SMILES string of the molecule is CC[C@H](Oc1ccc(CO)c(C)c1)c1cccs1. The van der Waals surface area contributed by atoms with E-state index in [1.165, 1.54) is 4.88 Å². The number of thiophene rings is 1. The van der Waals surface area contributed by atoms with Crippen LogP contribution < -0.4 is 4.74 Å². The Hall–Kier alpha value is -1.32. The van der Waals surface area contributed by atoms with E-state index in [-0.39, 0.29) is 12.7 Å². The summed E-state index contributed by atoms with van der Waals surface area (Å²) < 4.78 is 6.02. The quantitative estimate of drug-likeness (QED) is 0.879. The second-order valence-electron chi connectivity index (χ2n) is 4.28. The molecule has 0 saturated heterocycles. The smallest absolute Gasteiger partial charge is 0.133 e. The first-order chi connectivity index (χ1) is 8.74. The molecule has 2 aromatic rings. The molecule has 0 aliphatic carbocycles. The van der Waals surface area contributed by atoms with Gasteiger partial charge in [0.2, 0.25) is 0 Å². The average Bonchev–Trinajstić information content (AvgIpc) is 2.90. The van der Waals surface area contributed by atoms with Crippen LogP contribution in [0.1, 0.15) is 35.5 Å². The van der Waals surface area contributed by atoms with E-state index in [4.69, 9.17) is 9.84 Å². The van der Waals surface area contributed by atoms with Gasteiger partial charge in [0.25, 0.3) is 0 Å². The van der Waals surface area contributed by atoms with Crippen molar-refractivity contribution in [2.45, 2.75) is 33.0 Å². The van der Waals surface area contributed by atoms with Crippen LogP contribution in [-0.4, -0.2) is 5.11 Å². The van der Waals surface area contributed by atoms with Crippen molar-refractivity contribution in [3.05, 3.63) is 51.7 Å². The number of ether oxygens (including phenoxy) is 1. The summed E-state index contributed by atoms with van der Waals surface area (Å²) in [5.74, 6) is 0.866. The van der Waals surface area contributed by atoms with Crippen molar-refractivity contribution in [1.82, 2.24) is 0 Å². The van der Waals surface area contributed by atoms with Gasteiger partial charge in [-0.2, -0.15) is 0 Å². The standard InChI is InChI=1S/C15H18O2S/c1-3-14(15-5-4-8-18-15)17-13-7-6-12(10-16)11(2)9-13/h4-9,14,16H,3,10H2,1-2H3/t14-/m0/s1. The maximum absolute atomic E-state index is 9.15. The molecule has 0 aliphatic heterocycles. The fourth-order valence-electron chi connectivity index (χ4n) is 1.90. The lowest BCUT2D eigenvalue weighted by Gasteiger charge is -2.17. The van der Waals surface area contributed by atoms with Gasteiger partial charge in [-0.1, -0.05) is 19.1 Å². The van der Waals surface area contributed by atoms with Crippen LogP contribution in [0.25, 0.3) is 0 Å². The van der Waals surface area contributed by atoms with E-state index in [2.05, 4.69) is 18.4 Å². The highest BCUT2D eigenvalue weighted by atomic mass is 32.1. The van der Waals surface area contributed by atoms with Crippen molar-refractivity contribution < 1.29 is 9.84 Å². The Morgan fingerprint density at radius 3 is 2.72 bits per heavy atom. The van der Waals surface area contributed by atoms with Gasteiger partial charge in [-0.25, -0.2) is 0 Å². The lowest BCUT2D eigenvalue weighted by atomic mass is 10.1. The largest absolute Gasteiger partial charge is 0.485 e. The number of rotatable bonds is 5. The van der Waals surface area contributed by atoms with E-state index in [1.807, 2.05) is 31.2 Å². The molecule has 3 heteroatoms. The van der Waals surface area contributed by atoms with Crippen molar-refractivity contribution >= 4 is 11.3 Å². The molecule has 0 radical (unpaired) electrons. The third-order valence-electron chi connectivity index (χ3n) is 2.99. The minimum absolute atomic E-state index is 0.0776. The summed E-state index contributed by atoms with van der Waals surface area (Å²) in [6, 6.07) is 9.99. The Kier molecular flexibility index (Phi) is 4.39. The summed E-state index contributed by atoms with van der Waals surface area (Å²) in [5, 5.41) is 11.2. The summed E-state index contributed by atoms with van der Waals surface area (Å²) in [4.78, 5) is 1.25. The number of hydrogen-bond donors (Lipinski definition) is 1. The van der Waals surface area contributed by atoms with Gasteiger partial charge in [0.05, 0.1) is 6.61 Å². The monoisotopic (exact) mass is 262 g/mol. The van der Waals surface area contributed by atoms with Crippen LogP contribution in [0, 0.1) is 6.92 Å². The third kappa shape index (κ3) is 2.92. The molecule has 1 heterocycles. The second kappa shape index (κ2) is 6.03. The van der Waals surface area contributed by atoms with E-state index in [0.29, 0.717) is 0 Å². The lowest BCUT2D eigenvalue weighted by molar-refractivity contribution is 0.205. The van der Waals surface area contributed by atoms with Gasteiger partial charge in [0, 0.05) is 4.88 Å². The van der Waals surface area contributed by atoms with E-state index >= 15 is 0 Å². The van der Waals surface area contributed by atoms with Gasteiger partial charge >= 0.3 is 0 Å². The Morgan fingerprint density at radius 2 is 2.17 bits per heavy atom. The van der Waals surface area contributed by atoms with E-state index in [9.17, 15) is 0 Å². The Morgan fingerprint density at radius 1 is 1.33 bits per heavy atom. The van der Waals surface area contributed by atoms with Crippen LogP contribution in [0.3, 0.4) is 0 Å². The number of aryl methyl sites for hydroxylation is 1. The number of aliphatic hydroxyl groups is 1. The molecule has 1 aromatic carbocycles. The summed E-state index contributed by atoms with van der Waals surface area (Å²) >= 11 is 1.72. The zero-order valence-electron chi connectivity index (χ0n) is 10.7. The van der Waals surface area contributed by atoms with Crippen LogP contribution in [0.5, 0.6) is 5.75 Å². The molecule has 96 valence electrons. The highest BCUT2D eigenvalue weighted by Crippen LogP contribution is 2.28. The third-order valence-corrected chi connectivity index (χ3v) is 3.96. The molecule has 0 spiro atoms. The first-order valence-corrected chi connectivity index (χ1v) is 7.03. The van der Waals surface area contributed by atoms with Gasteiger partial charge in [-0.15, -0.1) is 11.3 Å². The van der Waals surface area contributed by atoms with Gasteiger partial charge in [-0.3, -0.25) is 0 Å². The Balaban J connectivity index is 2.15. The average molecular weight is 262 g/mol. The predicted molar refractivity (Wildman–Crippen MR) is 75.1 cm³/mol. The minimum atomic E-state index is 0.0776. The summed E-state index contributed by atoms with van der Waals surface area (Å²) in [6.45, 7) is 4.19. The molecule has 18 heavy (non-hydrogen) atoms. The molecule has 0 amide bonds. The topological polar surface area (TPSA) is 29.5 Å². The molecule has 1 aromatic heterocycles.